The minimum absolute atomic E-state index is 0.126. The molecule has 1 heterocycles. The van der Waals surface area contributed by atoms with E-state index in [9.17, 15) is 4.79 Å². The molecule has 3 rings (SSSR count). The molecule has 0 atom stereocenters. The van der Waals surface area contributed by atoms with Gasteiger partial charge in [0.25, 0.3) is 0 Å². The Morgan fingerprint density at radius 3 is 2.59 bits per heavy atom. The maximum atomic E-state index is 11.9. The highest BCUT2D eigenvalue weighted by Gasteiger charge is 2.10. The SMILES string of the molecule is COc1ccc(-c2nc(COC(=O)COc3ccc(C)cc3C)cs2)cc1. The van der Waals surface area contributed by atoms with E-state index >= 15 is 0 Å². The predicted octanol–water partition coefficient (Wildman–Crippen LogP) is 4.56. The average molecular weight is 383 g/mol. The highest BCUT2D eigenvalue weighted by molar-refractivity contribution is 7.13. The summed E-state index contributed by atoms with van der Waals surface area (Å²) in [7, 11) is 1.63. The zero-order valence-corrected chi connectivity index (χ0v) is 16.3. The number of benzene rings is 2. The van der Waals surface area contributed by atoms with Crippen LogP contribution in [0.3, 0.4) is 0 Å². The Hall–Kier alpha value is -2.86. The van der Waals surface area contributed by atoms with Crippen LogP contribution in [-0.4, -0.2) is 24.7 Å². The number of carbonyl (C=O) groups excluding carboxylic acids is 1. The number of hydrogen-bond donors (Lipinski definition) is 0. The summed E-state index contributed by atoms with van der Waals surface area (Å²) in [5.74, 6) is 1.07. The lowest BCUT2D eigenvalue weighted by molar-refractivity contribution is -0.147. The molecule has 0 saturated carbocycles. The third-order valence-electron chi connectivity index (χ3n) is 3.95. The minimum atomic E-state index is -0.422. The zero-order chi connectivity index (χ0) is 19.2. The van der Waals surface area contributed by atoms with Crippen LogP contribution in [0.25, 0.3) is 10.6 Å². The summed E-state index contributed by atoms with van der Waals surface area (Å²) in [6.07, 6.45) is 0. The van der Waals surface area contributed by atoms with Crippen molar-refractivity contribution in [2.24, 2.45) is 0 Å². The number of thiazole rings is 1. The fourth-order valence-electron chi connectivity index (χ4n) is 2.53. The van der Waals surface area contributed by atoms with Crippen LogP contribution in [0.1, 0.15) is 16.8 Å². The van der Waals surface area contributed by atoms with E-state index in [0.717, 1.165) is 27.4 Å². The molecule has 0 fully saturated rings. The van der Waals surface area contributed by atoms with Gasteiger partial charge in [-0.05, 0) is 49.7 Å². The smallest absolute Gasteiger partial charge is 0.344 e. The number of hydrogen-bond acceptors (Lipinski definition) is 6. The van der Waals surface area contributed by atoms with Crippen LogP contribution >= 0.6 is 11.3 Å². The van der Waals surface area contributed by atoms with Crippen LogP contribution in [0.4, 0.5) is 0 Å². The molecular formula is C21H21NO4S. The van der Waals surface area contributed by atoms with Crippen LogP contribution < -0.4 is 9.47 Å². The number of rotatable bonds is 7. The van der Waals surface area contributed by atoms with E-state index < -0.39 is 5.97 Å². The second-order valence-electron chi connectivity index (χ2n) is 6.09. The number of aromatic nitrogens is 1. The fraction of sp³-hybridized carbons (Fsp3) is 0.238. The van der Waals surface area contributed by atoms with Gasteiger partial charge in [0, 0.05) is 10.9 Å². The fourth-order valence-corrected chi connectivity index (χ4v) is 3.34. The molecule has 1 aromatic heterocycles. The van der Waals surface area contributed by atoms with Gasteiger partial charge < -0.3 is 14.2 Å². The monoisotopic (exact) mass is 383 g/mol. The van der Waals surface area contributed by atoms with E-state index in [-0.39, 0.29) is 13.2 Å². The van der Waals surface area contributed by atoms with Gasteiger partial charge in [-0.25, -0.2) is 9.78 Å². The first-order chi connectivity index (χ1) is 13.0. The van der Waals surface area contributed by atoms with Crippen LogP contribution in [-0.2, 0) is 16.1 Å². The molecule has 0 bridgehead atoms. The van der Waals surface area contributed by atoms with Crippen molar-refractivity contribution in [2.45, 2.75) is 20.5 Å². The quantitative estimate of drug-likeness (QED) is 0.560. The first-order valence-corrected chi connectivity index (χ1v) is 9.37. The van der Waals surface area contributed by atoms with Crippen molar-refractivity contribution < 1.29 is 19.0 Å². The summed E-state index contributed by atoms with van der Waals surface area (Å²) in [6, 6.07) is 13.5. The molecule has 0 radical (unpaired) electrons. The normalized spacial score (nSPS) is 10.5. The van der Waals surface area contributed by atoms with Crippen molar-refractivity contribution in [3.05, 3.63) is 64.7 Å². The Kier molecular flexibility index (Phi) is 6.08. The number of ether oxygens (including phenoxy) is 3. The van der Waals surface area contributed by atoms with Gasteiger partial charge in [-0.1, -0.05) is 17.7 Å². The third-order valence-corrected chi connectivity index (χ3v) is 4.89. The molecule has 2 aromatic carbocycles. The molecule has 0 N–H and O–H groups in total. The lowest BCUT2D eigenvalue weighted by Gasteiger charge is -2.09. The molecule has 0 amide bonds. The van der Waals surface area contributed by atoms with Crippen molar-refractivity contribution in [1.82, 2.24) is 4.98 Å². The second-order valence-corrected chi connectivity index (χ2v) is 6.95. The van der Waals surface area contributed by atoms with E-state index in [4.69, 9.17) is 14.2 Å². The predicted molar refractivity (Wildman–Crippen MR) is 105 cm³/mol. The van der Waals surface area contributed by atoms with Crippen molar-refractivity contribution >= 4 is 17.3 Å². The van der Waals surface area contributed by atoms with Crippen molar-refractivity contribution in [2.75, 3.05) is 13.7 Å². The number of esters is 1. The standard InChI is InChI=1S/C21H21NO4S/c1-14-4-9-19(15(2)10-14)25-12-20(23)26-11-17-13-27-21(22-17)16-5-7-18(24-3)8-6-16/h4-10,13H,11-12H2,1-3H3. The van der Waals surface area contributed by atoms with Crippen LogP contribution in [0.2, 0.25) is 0 Å². The van der Waals surface area contributed by atoms with Gasteiger partial charge in [0.15, 0.2) is 6.61 Å². The second kappa shape index (κ2) is 8.68. The lowest BCUT2D eigenvalue weighted by atomic mass is 10.1. The van der Waals surface area contributed by atoms with Gasteiger partial charge in [-0.3, -0.25) is 0 Å². The molecule has 27 heavy (non-hydrogen) atoms. The Balaban J connectivity index is 1.51. The molecule has 6 heteroatoms. The lowest BCUT2D eigenvalue weighted by Crippen LogP contribution is -2.15. The highest BCUT2D eigenvalue weighted by atomic mass is 32.1. The molecular weight excluding hydrogens is 362 g/mol. The van der Waals surface area contributed by atoms with E-state index in [1.807, 2.05) is 61.7 Å². The molecule has 5 nitrogen and oxygen atoms in total. The van der Waals surface area contributed by atoms with Crippen molar-refractivity contribution in [1.29, 1.82) is 0 Å². The molecule has 0 aliphatic carbocycles. The summed E-state index contributed by atoms with van der Waals surface area (Å²) in [5, 5.41) is 2.76. The zero-order valence-electron chi connectivity index (χ0n) is 15.5. The van der Waals surface area contributed by atoms with E-state index in [1.54, 1.807) is 7.11 Å². The molecule has 0 spiro atoms. The van der Waals surface area contributed by atoms with Gasteiger partial charge in [-0.15, -0.1) is 11.3 Å². The van der Waals surface area contributed by atoms with Crippen LogP contribution in [0.5, 0.6) is 11.5 Å². The Morgan fingerprint density at radius 2 is 1.89 bits per heavy atom. The maximum absolute atomic E-state index is 11.9. The van der Waals surface area contributed by atoms with Crippen LogP contribution in [0.15, 0.2) is 47.8 Å². The number of methoxy groups -OCH3 is 1. The van der Waals surface area contributed by atoms with Gasteiger partial charge >= 0.3 is 5.97 Å². The Morgan fingerprint density at radius 1 is 1.11 bits per heavy atom. The number of nitrogens with zero attached hydrogens (tertiary/aromatic N) is 1. The maximum Gasteiger partial charge on any atom is 0.344 e. The van der Waals surface area contributed by atoms with E-state index in [1.165, 1.54) is 11.3 Å². The van der Waals surface area contributed by atoms with Crippen molar-refractivity contribution in [3.8, 4) is 22.1 Å². The third kappa shape index (κ3) is 5.08. The Bertz CT molecular complexity index is 918. The number of carbonyl (C=O) groups is 1. The largest absolute Gasteiger partial charge is 0.497 e. The Labute approximate surface area is 162 Å². The first kappa shape index (κ1) is 18.9. The summed E-state index contributed by atoms with van der Waals surface area (Å²) in [5.41, 5.74) is 3.85. The summed E-state index contributed by atoms with van der Waals surface area (Å²) in [4.78, 5) is 16.4. The van der Waals surface area contributed by atoms with Gasteiger partial charge in [-0.2, -0.15) is 0 Å². The molecule has 0 unspecified atom stereocenters. The van der Waals surface area contributed by atoms with E-state index in [2.05, 4.69) is 4.98 Å². The summed E-state index contributed by atoms with van der Waals surface area (Å²) < 4.78 is 16.0. The molecule has 140 valence electrons. The van der Waals surface area contributed by atoms with Gasteiger partial charge in [0.05, 0.1) is 12.8 Å². The number of aryl methyl sites for hydroxylation is 2. The first-order valence-electron chi connectivity index (χ1n) is 8.49. The molecule has 0 aliphatic rings. The van der Waals surface area contributed by atoms with Crippen LogP contribution in [0, 0.1) is 13.8 Å². The topological polar surface area (TPSA) is 57.7 Å². The average Bonchev–Trinajstić information content (AvgIpc) is 3.15. The molecule has 3 aromatic rings. The van der Waals surface area contributed by atoms with Gasteiger partial charge in [0.1, 0.15) is 23.1 Å². The van der Waals surface area contributed by atoms with Gasteiger partial charge in [0.2, 0.25) is 0 Å². The van der Waals surface area contributed by atoms with E-state index in [0.29, 0.717) is 11.4 Å². The van der Waals surface area contributed by atoms with Crippen molar-refractivity contribution in [3.63, 3.8) is 0 Å². The molecule has 0 saturated heterocycles. The minimum Gasteiger partial charge on any atom is -0.497 e. The highest BCUT2D eigenvalue weighted by Crippen LogP contribution is 2.26. The molecule has 0 aliphatic heterocycles. The summed E-state index contributed by atoms with van der Waals surface area (Å²) >= 11 is 1.51. The summed E-state index contributed by atoms with van der Waals surface area (Å²) in [6.45, 7) is 3.96.